The van der Waals surface area contributed by atoms with Gasteiger partial charge in [-0.05, 0) is 54.8 Å². The molecule has 7 heteroatoms. The van der Waals surface area contributed by atoms with E-state index in [1.807, 2.05) is 64.2 Å². The van der Waals surface area contributed by atoms with Gasteiger partial charge in [0.05, 0.1) is 5.39 Å². The topological polar surface area (TPSA) is 73.1 Å². The fourth-order valence-electron chi connectivity index (χ4n) is 4.12. The first kappa shape index (κ1) is 19.9. The summed E-state index contributed by atoms with van der Waals surface area (Å²) in [7, 11) is 0. The zero-order valence-corrected chi connectivity index (χ0v) is 17.6. The van der Waals surface area contributed by atoms with Crippen LogP contribution in [0.3, 0.4) is 0 Å². The van der Waals surface area contributed by atoms with Gasteiger partial charge in [-0.25, -0.2) is 14.6 Å². The average Bonchev–Trinajstić information content (AvgIpc) is 3.45. The number of nitrogens with zero attached hydrogens (tertiary/aromatic N) is 5. The highest BCUT2D eigenvalue weighted by Crippen LogP contribution is 2.30. The number of fused-ring (bicyclic) bond motifs is 1. The summed E-state index contributed by atoms with van der Waals surface area (Å²) in [4.78, 5) is 22.4. The first-order valence-electron chi connectivity index (χ1n) is 10.6. The Hall–Kier alpha value is -4.00. The lowest BCUT2D eigenvalue weighted by Crippen LogP contribution is -2.27. The number of carbonyl (C=O) groups excluding carboxylic acids is 1. The molecule has 2 aromatic carbocycles. The molecule has 0 unspecified atom stereocenters. The number of hydrogen-bond acceptors (Lipinski definition) is 5. The van der Waals surface area contributed by atoms with Crippen LogP contribution in [0.5, 0.6) is 11.5 Å². The van der Waals surface area contributed by atoms with Crippen molar-refractivity contribution in [2.45, 2.75) is 13.0 Å². The molecule has 1 saturated heterocycles. The summed E-state index contributed by atoms with van der Waals surface area (Å²) < 4.78 is 7.84. The van der Waals surface area contributed by atoms with Gasteiger partial charge in [0.2, 0.25) is 5.91 Å². The predicted molar refractivity (Wildman–Crippen MR) is 122 cm³/mol. The van der Waals surface area contributed by atoms with E-state index < -0.39 is 0 Å². The van der Waals surface area contributed by atoms with E-state index in [9.17, 15) is 4.79 Å². The Balaban J connectivity index is 1.39. The van der Waals surface area contributed by atoms with Crippen LogP contribution in [-0.4, -0.2) is 43.6 Å². The molecule has 0 aliphatic carbocycles. The summed E-state index contributed by atoms with van der Waals surface area (Å²) in [5.41, 5.74) is 2.61. The van der Waals surface area contributed by atoms with Crippen LogP contribution in [0.15, 0.2) is 79.8 Å². The van der Waals surface area contributed by atoms with E-state index in [-0.39, 0.29) is 5.91 Å². The number of ether oxygens (including phenoxy) is 1. The molecule has 3 heterocycles. The van der Waals surface area contributed by atoms with Crippen molar-refractivity contribution >= 4 is 16.9 Å². The van der Waals surface area contributed by atoms with E-state index >= 15 is 0 Å². The largest absolute Gasteiger partial charge is 0.457 e. The lowest BCUT2D eigenvalue weighted by atomic mass is 10.1. The fraction of sp³-hybridized carbons (Fsp3) is 0.200. The normalized spacial score (nSPS) is 15.8. The Labute approximate surface area is 186 Å². The van der Waals surface area contributed by atoms with Gasteiger partial charge in [-0.3, -0.25) is 4.79 Å². The SMILES string of the molecule is C=CC(=O)N1CC[C@@H](Cn2nc(-c3ccc(Oc4ccccc4)cc3)c3cncnc32)C1. The van der Waals surface area contributed by atoms with Crippen LogP contribution in [0, 0.1) is 5.92 Å². The highest BCUT2D eigenvalue weighted by molar-refractivity contribution is 5.90. The summed E-state index contributed by atoms with van der Waals surface area (Å²) >= 11 is 0. The minimum atomic E-state index is -0.0151. The van der Waals surface area contributed by atoms with Crippen LogP contribution in [0.2, 0.25) is 0 Å². The molecule has 1 aliphatic rings. The number of amides is 1. The molecule has 4 aromatic rings. The van der Waals surface area contributed by atoms with Crippen LogP contribution >= 0.6 is 0 Å². The summed E-state index contributed by atoms with van der Waals surface area (Å²) in [5, 5.41) is 5.78. The van der Waals surface area contributed by atoms with Gasteiger partial charge in [0.25, 0.3) is 0 Å². The number of aromatic nitrogens is 4. The van der Waals surface area contributed by atoms with Crippen molar-refractivity contribution in [1.82, 2.24) is 24.6 Å². The Morgan fingerprint density at radius 2 is 1.91 bits per heavy atom. The highest BCUT2D eigenvalue weighted by Gasteiger charge is 2.26. The number of hydrogen-bond donors (Lipinski definition) is 0. The maximum Gasteiger partial charge on any atom is 0.245 e. The number of benzene rings is 2. The van der Waals surface area contributed by atoms with Gasteiger partial charge in [-0.1, -0.05) is 24.8 Å². The molecule has 0 spiro atoms. The van der Waals surface area contributed by atoms with Crippen molar-refractivity contribution in [2.75, 3.05) is 13.1 Å². The van der Waals surface area contributed by atoms with Crippen molar-refractivity contribution in [1.29, 1.82) is 0 Å². The lowest BCUT2D eigenvalue weighted by Gasteiger charge is -2.14. The molecule has 32 heavy (non-hydrogen) atoms. The van der Waals surface area contributed by atoms with Gasteiger partial charge in [-0.15, -0.1) is 0 Å². The van der Waals surface area contributed by atoms with Gasteiger partial charge in [0.1, 0.15) is 23.5 Å². The van der Waals surface area contributed by atoms with Crippen LogP contribution in [0.1, 0.15) is 6.42 Å². The third-order valence-electron chi connectivity index (χ3n) is 5.72. The van der Waals surface area contributed by atoms with Crippen molar-refractivity contribution in [3.63, 3.8) is 0 Å². The first-order valence-corrected chi connectivity index (χ1v) is 10.6. The Morgan fingerprint density at radius 3 is 2.69 bits per heavy atom. The molecule has 160 valence electrons. The maximum absolute atomic E-state index is 11.9. The maximum atomic E-state index is 11.9. The number of carbonyl (C=O) groups is 1. The summed E-state index contributed by atoms with van der Waals surface area (Å²) in [6.45, 7) is 5.74. The average molecular weight is 425 g/mol. The van der Waals surface area contributed by atoms with Crippen LogP contribution in [-0.2, 0) is 11.3 Å². The van der Waals surface area contributed by atoms with Gasteiger partial charge >= 0.3 is 0 Å². The molecule has 0 radical (unpaired) electrons. The van der Waals surface area contributed by atoms with Gasteiger partial charge in [0.15, 0.2) is 5.65 Å². The highest BCUT2D eigenvalue weighted by atomic mass is 16.5. The number of likely N-dealkylation sites (tertiary alicyclic amines) is 1. The second-order valence-electron chi connectivity index (χ2n) is 7.87. The Morgan fingerprint density at radius 1 is 1.12 bits per heavy atom. The van der Waals surface area contributed by atoms with Gasteiger partial charge in [-0.2, -0.15) is 5.10 Å². The zero-order valence-electron chi connectivity index (χ0n) is 17.6. The lowest BCUT2D eigenvalue weighted by molar-refractivity contribution is -0.125. The summed E-state index contributed by atoms with van der Waals surface area (Å²) in [5.74, 6) is 1.87. The molecule has 1 fully saturated rings. The Bertz CT molecular complexity index is 1250. The summed E-state index contributed by atoms with van der Waals surface area (Å²) in [6, 6.07) is 17.6. The number of para-hydroxylation sites is 1. The third kappa shape index (κ3) is 3.97. The predicted octanol–water partition coefficient (Wildman–Crippen LogP) is 4.32. The quantitative estimate of drug-likeness (QED) is 0.430. The molecule has 5 rings (SSSR count). The smallest absolute Gasteiger partial charge is 0.245 e. The number of rotatable bonds is 6. The molecule has 7 nitrogen and oxygen atoms in total. The first-order chi connectivity index (χ1) is 15.7. The second kappa shape index (κ2) is 8.63. The third-order valence-corrected chi connectivity index (χ3v) is 5.72. The van der Waals surface area contributed by atoms with Crippen molar-refractivity contribution in [3.05, 3.63) is 79.8 Å². The fourth-order valence-corrected chi connectivity index (χ4v) is 4.12. The molecule has 2 aromatic heterocycles. The van der Waals surface area contributed by atoms with E-state index in [1.165, 1.54) is 6.08 Å². The van der Waals surface area contributed by atoms with Crippen molar-refractivity contribution < 1.29 is 9.53 Å². The molecule has 1 aliphatic heterocycles. The molecule has 1 amide bonds. The molecule has 0 bridgehead atoms. The standard InChI is InChI=1S/C25H23N5O2/c1-2-23(31)29-13-12-18(15-29)16-30-25-22(14-26-17-27-25)24(28-30)19-8-10-21(11-9-19)32-20-6-4-3-5-7-20/h2-11,14,17-18H,1,12-13,15-16H2/t18-/m1/s1. The van der Waals surface area contributed by atoms with Crippen molar-refractivity contribution in [2.24, 2.45) is 5.92 Å². The van der Waals surface area contributed by atoms with Crippen LogP contribution in [0.4, 0.5) is 0 Å². The molecular weight excluding hydrogens is 402 g/mol. The molecule has 1 atom stereocenters. The minimum Gasteiger partial charge on any atom is -0.457 e. The summed E-state index contributed by atoms with van der Waals surface area (Å²) in [6.07, 6.45) is 5.66. The van der Waals surface area contributed by atoms with Crippen molar-refractivity contribution in [3.8, 4) is 22.8 Å². The van der Waals surface area contributed by atoms with Crippen LogP contribution < -0.4 is 4.74 Å². The molecule has 0 N–H and O–H groups in total. The van der Waals surface area contributed by atoms with E-state index in [0.717, 1.165) is 46.8 Å². The van der Waals surface area contributed by atoms with E-state index in [4.69, 9.17) is 9.84 Å². The van der Waals surface area contributed by atoms with E-state index in [2.05, 4.69) is 16.5 Å². The van der Waals surface area contributed by atoms with Crippen LogP contribution in [0.25, 0.3) is 22.3 Å². The zero-order chi connectivity index (χ0) is 21.9. The van der Waals surface area contributed by atoms with Gasteiger partial charge in [0, 0.05) is 31.4 Å². The minimum absolute atomic E-state index is 0.0151. The molecule has 0 saturated carbocycles. The second-order valence-corrected chi connectivity index (χ2v) is 7.87. The van der Waals surface area contributed by atoms with E-state index in [0.29, 0.717) is 19.0 Å². The monoisotopic (exact) mass is 425 g/mol. The van der Waals surface area contributed by atoms with Gasteiger partial charge < -0.3 is 9.64 Å². The van der Waals surface area contributed by atoms with E-state index in [1.54, 1.807) is 12.5 Å². The molecular formula is C25H23N5O2. The Kier molecular flexibility index (Phi) is 5.37.